The van der Waals surface area contributed by atoms with Gasteiger partial charge in [-0.3, -0.25) is 0 Å². The van der Waals surface area contributed by atoms with Crippen molar-refractivity contribution in [2.24, 2.45) is 5.92 Å². The standard InChI is InChI=1S/C15H30O5Si2/c1-12(2)13(22(6,7)20-21(3,4)5)10-11-19-15(18)9-8-14(16)17/h8-9,12-13H,10-11H2,1-7H3,(H,16,17). The van der Waals surface area contributed by atoms with E-state index in [4.69, 9.17) is 14.0 Å². The molecule has 1 unspecified atom stereocenters. The van der Waals surface area contributed by atoms with Crippen LogP contribution in [0.2, 0.25) is 38.3 Å². The van der Waals surface area contributed by atoms with Gasteiger partial charge in [0.25, 0.3) is 0 Å². The lowest BCUT2D eigenvalue weighted by atomic mass is 10.1. The van der Waals surface area contributed by atoms with Crippen molar-refractivity contribution in [1.82, 2.24) is 0 Å². The predicted octanol–water partition coefficient (Wildman–Crippen LogP) is 3.64. The molecule has 1 N–H and O–H groups in total. The largest absolute Gasteiger partial charge is 0.478 e. The zero-order valence-electron chi connectivity index (χ0n) is 14.8. The maximum absolute atomic E-state index is 11.4. The number of carboxylic acids is 1. The highest BCUT2D eigenvalue weighted by atomic mass is 28.4. The van der Waals surface area contributed by atoms with Gasteiger partial charge in [0.15, 0.2) is 16.6 Å². The summed E-state index contributed by atoms with van der Waals surface area (Å²) in [5, 5.41) is 8.46. The van der Waals surface area contributed by atoms with Gasteiger partial charge in [0.1, 0.15) is 0 Å². The number of carbonyl (C=O) groups is 2. The first-order chi connectivity index (χ1) is 9.85. The predicted molar refractivity (Wildman–Crippen MR) is 92.9 cm³/mol. The Bertz CT molecular complexity index is 411. The van der Waals surface area contributed by atoms with Gasteiger partial charge in [0.05, 0.1) is 6.61 Å². The molecule has 0 heterocycles. The number of ether oxygens (including phenoxy) is 1. The minimum absolute atomic E-state index is 0.289. The Kier molecular flexibility index (Phi) is 8.28. The second-order valence-electron chi connectivity index (χ2n) is 7.30. The van der Waals surface area contributed by atoms with E-state index in [1.54, 1.807) is 0 Å². The van der Waals surface area contributed by atoms with Crippen molar-refractivity contribution >= 4 is 28.6 Å². The van der Waals surface area contributed by atoms with E-state index in [0.717, 1.165) is 18.6 Å². The molecular formula is C15H30O5Si2. The van der Waals surface area contributed by atoms with Crippen LogP contribution in [0.5, 0.6) is 0 Å². The van der Waals surface area contributed by atoms with Crippen LogP contribution in [0.25, 0.3) is 0 Å². The lowest BCUT2D eigenvalue weighted by Crippen LogP contribution is -2.47. The molecule has 0 aromatic heterocycles. The monoisotopic (exact) mass is 346 g/mol. The van der Waals surface area contributed by atoms with Crippen LogP contribution in [-0.2, 0) is 18.4 Å². The summed E-state index contributed by atoms with van der Waals surface area (Å²) >= 11 is 0. The summed E-state index contributed by atoms with van der Waals surface area (Å²) in [5.41, 5.74) is 0.385. The third kappa shape index (κ3) is 9.16. The van der Waals surface area contributed by atoms with Gasteiger partial charge in [-0.2, -0.15) is 0 Å². The van der Waals surface area contributed by atoms with Gasteiger partial charge in [-0.1, -0.05) is 13.8 Å². The molecule has 0 rings (SSSR count). The van der Waals surface area contributed by atoms with Gasteiger partial charge in [0, 0.05) is 12.2 Å². The smallest absolute Gasteiger partial charge is 0.331 e. The Morgan fingerprint density at radius 2 is 1.64 bits per heavy atom. The molecule has 0 aliphatic carbocycles. The fourth-order valence-corrected chi connectivity index (χ4v) is 12.2. The fraction of sp³-hybridized carbons (Fsp3) is 0.733. The highest BCUT2D eigenvalue weighted by Gasteiger charge is 2.38. The van der Waals surface area contributed by atoms with Crippen molar-refractivity contribution in [3.63, 3.8) is 0 Å². The first kappa shape index (κ1) is 21.1. The molecule has 0 bridgehead atoms. The summed E-state index contributed by atoms with van der Waals surface area (Å²) in [5.74, 6) is -1.32. The van der Waals surface area contributed by atoms with Crippen molar-refractivity contribution in [3.05, 3.63) is 12.2 Å². The number of carbonyl (C=O) groups excluding carboxylic acids is 1. The van der Waals surface area contributed by atoms with Crippen molar-refractivity contribution in [1.29, 1.82) is 0 Å². The molecule has 0 saturated carbocycles. The molecule has 0 aromatic carbocycles. The average molecular weight is 347 g/mol. The van der Waals surface area contributed by atoms with Crippen LogP contribution in [0.15, 0.2) is 12.2 Å². The fourth-order valence-electron chi connectivity index (χ4n) is 2.82. The number of hydrogen-bond acceptors (Lipinski definition) is 4. The summed E-state index contributed by atoms with van der Waals surface area (Å²) in [6.45, 7) is 15.6. The number of aliphatic carboxylic acids is 1. The van der Waals surface area contributed by atoms with Crippen LogP contribution < -0.4 is 0 Å². The molecule has 128 valence electrons. The van der Waals surface area contributed by atoms with Crippen LogP contribution in [0.4, 0.5) is 0 Å². The van der Waals surface area contributed by atoms with Crippen LogP contribution in [-0.4, -0.2) is 40.3 Å². The maximum Gasteiger partial charge on any atom is 0.331 e. The zero-order chi connectivity index (χ0) is 17.6. The van der Waals surface area contributed by atoms with Crippen molar-refractivity contribution in [2.75, 3.05) is 6.61 Å². The van der Waals surface area contributed by atoms with Crippen molar-refractivity contribution in [3.8, 4) is 0 Å². The van der Waals surface area contributed by atoms with Gasteiger partial charge < -0.3 is 14.0 Å². The summed E-state index contributed by atoms with van der Waals surface area (Å²) < 4.78 is 11.5. The molecule has 7 heteroatoms. The third-order valence-electron chi connectivity index (χ3n) is 3.30. The van der Waals surface area contributed by atoms with Crippen LogP contribution in [0.1, 0.15) is 20.3 Å². The Labute approximate surface area is 136 Å². The van der Waals surface area contributed by atoms with Crippen molar-refractivity contribution < 1.29 is 23.5 Å². The zero-order valence-corrected chi connectivity index (χ0v) is 16.8. The number of hydrogen-bond donors (Lipinski definition) is 1. The molecule has 0 fully saturated rings. The molecule has 0 amide bonds. The quantitative estimate of drug-likeness (QED) is 0.392. The average Bonchev–Trinajstić information content (AvgIpc) is 2.27. The maximum atomic E-state index is 11.4. The summed E-state index contributed by atoms with van der Waals surface area (Å²) in [4.78, 5) is 21.7. The van der Waals surface area contributed by atoms with Crippen LogP contribution >= 0.6 is 0 Å². The summed E-state index contributed by atoms with van der Waals surface area (Å²) in [7, 11) is -3.49. The van der Waals surface area contributed by atoms with Gasteiger partial charge in [-0.05, 0) is 50.6 Å². The molecule has 0 aromatic rings. The molecule has 0 aliphatic rings. The van der Waals surface area contributed by atoms with Crippen LogP contribution in [0.3, 0.4) is 0 Å². The Morgan fingerprint density at radius 3 is 2.05 bits per heavy atom. The normalized spacial score (nSPS) is 14.4. The second-order valence-corrected chi connectivity index (χ2v) is 16.3. The number of carboxylic acid groups (broad SMARTS) is 1. The van der Waals surface area contributed by atoms with Crippen LogP contribution in [0, 0.1) is 5.92 Å². The Morgan fingerprint density at radius 1 is 1.09 bits per heavy atom. The molecular weight excluding hydrogens is 316 g/mol. The van der Waals surface area contributed by atoms with E-state index in [9.17, 15) is 9.59 Å². The topological polar surface area (TPSA) is 72.8 Å². The highest BCUT2D eigenvalue weighted by Crippen LogP contribution is 2.35. The number of rotatable bonds is 9. The Balaban J connectivity index is 4.61. The van der Waals surface area contributed by atoms with Gasteiger partial charge >= 0.3 is 11.9 Å². The molecule has 0 aliphatic heterocycles. The minimum atomic E-state index is -1.88. The highest BCUT2D eigenvalue weighted by molar-refractivity contribution is 6.85. The molecule has 22 heavy (non-hydrogen) atoms. The lowest BCUT2D eigenvalue weighted by Gasteiger charge is -2.39. The first-order valence-corrected chi connectivity index (χ1v) is 14.0. The van der Waals surface area contributed by atoms with E-state index < -0.39 is 28.6 Å². The van der Waals surface area contributed by atoms with Gasteiger partial charge in [0.2, 0.25) is 0 Å². The van der Waals surface area contributed by atoms with E-state index in [-0.39, 0.29) is 6.61 Å². The van der Waals surface area contributed by atoms with E-state index in [1.807, 2.05) is 0 Å². The molecule has 0 spiro atoms. The summed E-state index contributed by atoms with van der Waals surface area (Å²) in [6, 6.07) is 0. The third-order valence-corrected chi connectivity index (χ3v) is 10.6. The molecule has 1 atom stereocenters. The van der Waals surface area contributed by atoms with Gasteiger partial charge in [-0.15, -0.1) is 0 Å². The second kappa shape index (κ2) is 8.64. The van der Waals surface area contributed by atoms with E-state index in [2.05, 4.69) is 46.6 Å². The Hall–Kier alpha value is -0.926. The SMILES string of the molecule is CC(C)C(CCOC(=O)C=CC(=O)O)[Si](C)(C)O[Si](C)(C)C. The molecule has 5 nitrogen and oxygen atoms in total. The minimum Gasteiger partial charge on any atom is -0.478 e. The van der Waals surface area contributed by atoms with E-state index in [0.29, 0.717) is 11.5 Å². The molecule has 0 radical (unpaired) electrons. The first-order valence-electron chi connectivity index (χ1n) is 7.63. The lowest BCUT2D eigenvalue weighted by molar-refractivity contribution is -0.138. The number of esters is 1. The van der Waals surface area contributed by atoms with E-state index in [1.165, 1.54) is 0 Å². The summed E-state index contributed by atoms with van der Waals surface area (Å²) in [6.07, 6.45) is 2.47. The van der Waals surface area contributed by atoms with E-state index >= 15 is 0 Å². The van der Waals surface area contributed by atoms with Crippen molar-refractivity contribution in [2.45, 2.75) is 58.5 Å². The molecule has 0 saturated heterocycles. The van der Waals surface area contributed by atoms with Gasteiger partial charge in [-0.25, -0.2) is 9.59 Å².